The van der Waals surface area contributed by atoms with E-state index in [4.69, 9.17) is 4.98 Å². The number of aryl methyl sites for hydroxylation is 3. The Balaban J connectivity index is 1.99. The summed E-state index contributed by atoms with van der Waals surface area (Å²) in [5.74, 6) is 0. The van der Waals surface area contributed by atoms with Gasteiger partial charge in [0.1, 0.15) is 5.01 Å². The van der Waals surface area contributed by atoms with Crippen molar-refractivity contribution in [1.82, 2.24) is 15.3 Å². The average molecular weight is 301 g/mol. The van der Waals surface area contributed by atoms with Gasteiger partial charge in [-0.2, -0.15) is 0 Å². The van der Waals surface area contributed by atoms with E-state index in [0.29, 0.717) is 6.04 Å². The number of nitrogens with zero attached hydrogens (tertiary/aromatic N) is 2. The van der Waals surface area contributed by atoms with Crippen LogP contribution in [-0.4, -0.2) is 16.0 Å². The second-order valence-corrected chi connectivity index (χ2v) is 7.23. The predicted octanol–water partition coefficient (Wildman–Crippen LogP) is 3.81. The maximum Gasteiger partial charge on any atom is 0.115 e. The first-order valence-corrected chi connectivity index (χ1v) is 8.62. The van der Waals surface area contributed by atoms with Crippen LogP contribution in [-0.2, 0) is 12.8 Å². The topological polar surface area (TPSA) is 37.8 Å². The fourth-order valence-corrected chi connectivity index (χ4v) is 4.13. The molecule has 2 heterocycles. The van der Waals surface area contributed by atoms with Gasteiger partial charge in [-0.1, -0.05) is 0 Å². The molecule has 2 aromatic heterocycles. The molecule has 0 aliphatic heterocycles. The largest absolute Gasteiger partial charge is 0.302 e. The number of thiazole rings is 1. The summed E-state index contributed by atoms with van der Waals surface area (Å²) in [5.41, 5.74) is 3.85. The number of hydrogen-bond acceptors (Lipinski definition) is 4. The van der Waals surface area contributed by atoms with Crippen LogP contribution in [0, 0.1) is 6.92 Å². The highest BCUT2D eigenvalue weighted by Gasteiger charge is 2.24. The van der Waals surface area contributed by atoms with E-state index in [2.05, 4.69) is 37.1 Å². The predicted molar refractivity (Wildman–Crippen MR) is 87.8 cm³/mol. The maximum absolute atomic E-state index is 4.95. The van der Waals surface area contributed by atoms with Crippen molar-refractivity contribution in [2.24, 2.45) is 0 Å². The van der Waals surface area contributed by atoms with Crippen molar-refractivity contribution < 1.29 is 0 Å². The van der Waals surface area contributed by atoms with Gasteiger partial charge in [-0.05, 0) is 63.6 Å². The van der Waals surface area contributed by atoms with Gasteiger partial charge in [-0.25, -0.2) is 4.98 Å². The zero-order chi connectivity index (χ0) is 14.8. The summed E-state index contributed by atoms with van der Waals surface area (Å²) in [7, 11) is 0. The molecule has 0 amide bonds. The third-order valence-electron chi connectivity index (χ3n) is 4.00. The Hall–Kier alpha value is -1.26. The quantitative estimate of drug-likeness (QED) is 0.933. The van der Waals surface area contributed by atoms with Gasteiger partial charge in [-0.15, -0.1) is 11.3 Å². The number of pyridine rings is 1. The van der Waals surface area contributed by atoms with E-state index in [1.54, 1.807) is 0 Å². The Morgan fingerprint density at radius 1 is 1.24 bits per heavy atom. The van der Waals surface area contributed by atoms with Crippen LogP contribution in [0.1, 0.15) is 59.4 Å². The van der Waals surface area contributed by atoms with Crippen molar-refractivity contribution in [2.75, 3.05) is 0 Å². The number of fused-ring (bicyclic) bond motifs is 1. The van der Waals surface area contributed by atoms with E-state index in [-0.39, 0.29) is 6.04 Å². The lowest BCUT2D eigenvalue weighted by atomic mass is 10.0. The lowest BCUT2D eigenvalue weighted by Crippen LogP contribution is -2.29. The molecule has 21 heavy (non-hydrogen) atoms. The molecule has 3 nitrogen and oxygen atoms in total. The number of aromatic nitrogens is 2. The van der Waals surface area contributed by atoms with Crippen molar-refractivity contribution in [3.05, 3.63) is 45.2 Å². The second kappa shape index (κ2) is 6.24. The molecule has 1 aliphatic rings. The summed E-state index contributed by atoms with van der Waals surface area (Å²) in [6.07, 6.45) is 8.78. The van der Waals surface area contributed by atoms with E-state index >= 15 is 0 Å². The fourth-order valence-electron chi connectivity index (χ4n) is 2.90. The highest BCUT2D eigenvalue weighted by Crippen LogP contribution is 2.33. The molecule has 4 heteroatoms. The second-order valence-electron chi connectivity index (χ2n) is 6.12. The Kier molecular flexibility index (Phi) is 4.36. The third-order valence-corrected chi connectivity index (χ3v) is 5.22. The van der Waals surface area contributed by atoms with Gasteiger partial charge >= 0.3 is 0 Å². The summed E-state index contributed by atoms with van der Waals surface area (Å²) < 4.78 is 0. The minimum Gasteiger partial charge on any atom is -0.302 e. The zero-order valence-electron chi connectivity index (χ0n) is 13.0. The summed E-state index contributed by atoms with van der Waals surface area (Å²) >= 11 is 1.89. The van der Waals surface area contributed by atoms with Crippen molar-refractivity contribution in [2.45, 2.75) is 58.5 Å². The molecule has 112 valence electrons. The van der Waals surface area contributed by atoms with Crippen molar-refractivity contribution >= 4 is 11.3 Å². The zero-order valence-corrected chi connectivity index (χ0v) is 13.8. The Bertz CT molecular complexity index is 595. The van der Waals surface area contributed by atoms with Gasteiger partial charge < -0.3 is 5.32 Å². The SMILES string of the molecule is Cc1ccncc1C(NC(C)C)c1nc2c(s1)CCCC2. The van der Waals surface area contributed by atoms with Gasteiger partial charge in [-0.3, -0.25) is 4.98 Å². The summed E-state index contributed by atoms with van der Waals surface area (Å²) in [4.78, 5) is 10.8. The molecule has 0 fully saturated rings. The van der Waals surface area contributed by atoms with Crippen molar-refractivity contribution in [3.63, 3.8) is 0 Å². The minimum atomic E-state index is 0.161. The lowest BCUT2D eigenvalue weighted by molar-refractivity contribution is 0.523. The van der Waals surface area contributed by atoms with Gasteiger partial charge in [0.15, 0.2) is 0 Å². The molecule has 0 saturated heterocycles. The first-order valence-electron chi connectivity index (χ1n) is 7.80. The van der Waals surface area contributed by atoms with Crippen LogP contribution in [0.15, 0.2) is 18.5 Å². The molecule has 0 radical (unpaired) electrons. The molecule has 0 bridgehead atoms. The van der Waals surface area contributed by atoms with E-state index < -0.39 is 0 Å². The first-order chi connectivity index (χ1) is 10.1. The molecule has 1 unspecified atom stereocenters. The minimum absolute atomic E-state index is 0.161. The smallest absolute Gasteiger partial charge is 0.115 e. The Morgan fingerprint density at radius 3 is 2.76 bits per heavy atom. The van der Waals surface area contributed by atoms with Crippen LogP contribution in [0.2, 0.25) is 0 Å². The van der Waals surface area contributed by atoms with E-state index in [0.717, 1.165) is 6.42 Å². The Labute approximate surface area is 130 Å². The highest BCUT2D eigenvalue weighted by molar-refractivity contribution is 7.11. The summed E-state index contributed by atoms with van der Waals surface area (Å²) in [6, 6.07) is 2.66. The molecule has 1 N–H and O–H groups in total. The van der Waals surface area contributed by atoms with Crippen LogP contribution in [0.3, 0.4) is 0 Å². The molecular formula is C17H23N3S. The van der Waals surface area contributed by atoms with Gasteiger partial charge in [0.25, 0.3) is 0 Å². The molecule has 0 spiro atoms. The Morgan fingerprint density at radius 2 is 2.05 bits per heavy atom. The summed E-state index contributed by atoms with van der Waals surface area (Å²) in [6.45, 7) is 6.53. The van der Waals surface area contributed by atoms with Crippen LogP contribution in [0.5, 0.6) is 0 Å². The molecule has 0 aromatic carbocycles. The standard InChI is InChI=1S/C17H23N3S/c1-11(2)19-16(13-10-18-9-8-12(13)3)17-20-14-6-4-5-7-15(14)21-17/h8-11,16,19H,4-7H2,1-3H3. The fraction of sp³-hybridized carbons (Fsp3) is 0.529. The molecular weight excluding hydrogens is 278 g/mol. The molecule has 3 rings (SSSR count). The summed E-state index contributed by atoms with van der Waals surface area (Å²) in [5, 5.41) is 4.87. The van der Waals surface area contributed by atoms with Gasteiger partial charge in [0.05, 0.1) is 11.7 Å². The van der Waals surface area contributed by atoms with Crippen molar-refractivity contribution in [3.8, 4) is 0 Å². The number of rotatable bonds is 4. The van der Waals surface area contributed by atoms with E-state index in [1.807, 2.05) is 23.7 Å². The molecule has 2 aromatic rings. The van der Waals surface area contributed by atoms with E-state index in [9.17, 15) is 0 Å². The highest BCUT2D eigenvalue weighted by atomic mass is 32.1. The van der Waals surface area contributed by atoms with Crippen LogP contribution in [0.4, 0.5) is 0 Å². The number of nitrogens with one attached hydrogen (secondary N) is 1. The lowest BCUT2D eigenvalue weighted by Gasteiger charge is -2.21. The van der Waals surface area contributed by atoms with Crippen LogP contribution in [0.25, 0.3) is 0 Å². The van der Waals surface area contributed by atoms with Crippen LogP contribution < -0.4 is 5.32 Å². The number of hydrogen-bond donors (Lipinski definition) is 1. The third kappa shape index (κ3) is 3.16. The van der Waals surface area contributed by atoms with E-state index in [1.165, 1.54) is 46.0 Å². The van der Waals surface area contributed by atoms with Crippen molar-refractivity contribution in [1.29, 1.82) is 0 Å². The van der Waals surface area contributed by atoms with Gasteiger partial charge in [0, 0.05) is 23.3 Å². The molecule has 1 aliphatic carbocycles. The van der Waals surface area contributed by atoms with Crippen LogP contribution >= 0.6 is 11.3 Å². The molecule has 0 saturated carbocycles. The monoisotopic (exact) mass is 301 g/mol. The first kappa shape index (κ1) is 14.7. The average Bonchev–Trinajstić information content (AvgIpc) is 2.89. The molecule has 1 atom stereocenters. The van der Waals surface area contributed by atoms with Gasteiger partial charge in [0.2, 0.25) is 0 Å². The maximum atomic E-state index is 4.95. The normalized spacial score (nSPS) is 16.0.